The van der Waals surface area contributed by atoms with Crippen LogP contribution in [0.3, 0.4) is 0 Å². The van der Waals surface area contributed by atoms with Gasteiger partial charge in [0.1, 0.15) is 0 Å². The lowest BCUT2D eigenvalue weighted by molar-refractivity contribution is 0.0751. The van der Waals surface area contributed by atoms with E-state index in [1.165, 1.54) is 11.3 Å². The van der Waals surface area contributed by atoms with Gasteiger partial charge in [-0.1, -0.05) is 0 Å². The van der Waals surface area contributed by atoms with Gasteiger partial charge in [0.15, 0.2) is 5.13 Å². The number of carbonyl (C=O) groups excluding carboxylic acids is 1. The number of nitrogens with two attached hydrogens (primary N) is 1. The van der Waals surface area contributed by atoms with Gasteiger partial charge in [0, 0.05) is 25.3 Å². The van der Waals surface area contributed by atoms with E-state index < -0.39 is 0 Å². The van der Waals surface area contributed by atoms with E-state index >= 15 is 0 Å². The highest BCUT2D eigenvalue weighted by Crippen LogP contribution is 2.30. The molecule has 2 N–H and O–H groups in total. The van der Waals surface area contributed by atoms with Crippen molar-refractivity contribution in [3.8, 4) is 0 Å². The first kappa shape index (κ1) is 12.9. The molecular formula is C14H16N4OS. The van der Waals surface area contributed by atoms with E-state index in [1.807, 2.05) is 43.3 Å². The summed E-state index contributed by atoms with van der Waals surface area (Å²) in [5.74, 6) is 0.0408. The van der Waals surface area contributed by atoms with Gasteiger partial charge in [0.2, 0.25) is 0 Å². The minimum atomic E-state index is 0.0408. The second kappa shape index (κ2) is 4.79. The molecule has 0 aliphatic carbocycles. The van der Waals surface area contributed by atoms with Crippen molar-refractivity contribution < 1.29 is 4.79 Å². The standard InChI is InChI=1S/C14H16N4OS/c1-17(2)10-5-3-9(4-6-10)13(19)18-7-11-12(8-18)20-14(15)16-11/h3-6H,7-8H2,1-2H3,(H2,15,16). The second-order valence-corrected chi connectivity index (χ2v) is 6.14. The maximum absolute atomic E-state index is 12.4. The zero-order chi connectivity index (χ0) is 14.3. The van der Waals surface area contributed by atoms with E-state index in [4.69, 9.17) is 5.73 Å². The number of thiazole rings is 1. The molecule has 0 saturated heterocycles. The van der Waals surface area contributed by atoms with Gasteiger partial charge in [-0.15, -0.1) is 11.3 Å². The summed E-state index contributed by atoms with van der Waals surface area (Å²) in [6, 6.07) is 7.64. The Labute approximate surface area is 121 Å². The van der Waals surface area contributed by atoms with Gasteiger partial charge < -0.3 is 15.5 Å². The highest BCUT2D eigenvalue weighted by atomic mass is 32.1. The monoisotopic (exact) mass is 288 g/mol. The molecule has 20 heavy (non-hydrogen) atoms. The van der Waals surface area contributed by atoms with E-state index in [9.17, 15) is 4.79 Å². The topological polar surface area (TPSA) is 62.5 Å². The van der Waals surface area contributed by atoms with Crippen LogP contribution < -0.4 is 10.6 Å². The lowest BCUT2D eigenvalue weighted by Gasteiger charge is -2.17. The number of nitrogens with zero attached hydrogens (tertiary/aromatic N) is 3. The molecule has 1 aromatic heterocycles. The van der Waals surface area contributed by atoms with Crippen LogP contribution in [-0.4, -0.2) is 29.9 Å². The Morgan fingerprint density at radius 1 is 1.30 bits per heavy atom. The molecule has 1 aromatic carbocycles. The van der Waals surface area contributed by atoms with E-state index in [0.717, 1.165) is 16.3 Å². The average Bonchev–Trinajstić information content (AvgIpc) is 2.95. The zero-order valence-corrected chi connectivity index (χ0v) is 12.3. The molecule has 0 atom stereocenters. The average molecular weight is 288 g/mol. The van der Waals surface area contributed by atoms with Crippen LogP contribution in [0.1, 0.15) is 20.9 Å². The molecule has 0 fully saturated rings. The Bertz CT molecular complexity index is 624. The molecule has 6 heteroatoms. The largest absolute Gasteiger partial charge is 0.378 e. The Morgan fingerprint density at radius 3 is 2.60 bits per heavy atom. The van der Waals surface area contributed by atoms with Crippen molar-refractivity contribution in [1.82, 2.24) is 9.88 Å². The maximum Gasteiger partial charge on any atom is 0.254 e. The normalized spacial score (nSPS) is 13.4. The van der Waals surface area contributed by atoms with Crippen LogP contribution in [0, 0.1) is 0 Å². The van der Waals surface area contributed by atoms with Gasteiger partial charge in [0.25, 0.3) is 5.91 Å². The number of amides is 1. The fraction of sp³-hybridized carbons (Fsp3) is 0.286. The SMILES string of the molecule is CN(C)c1ccc(C(=O)N2Cc3nc(N)sc3C2)cc1. The van der Waals surface area contributed by atoms with Crippen molar-refractivity contribution in [2.75, 3.05) is 24.7 Å². The third kappa shape index (κ3) is 2.22. The van der Waals surface area contributed by atoms with Crippen LogP contribution in [-0.2, 0) is 13.1 Å². The number of aromatic nitrogens is 1. The van der Waals surface area contributed by atoms with Crippen molar-refractivity contribution >= 4 is 28.1 Å². The quantitative estimate of drug-likeness (QED) is 0.917. The summed E-state index contributed by atoms with van der Waals surface area (Å²) in [5.41, 5.74) is 8.39. The number of fused-ring (bicyclic) bond motifs is 1. The van der Waals surface area contributed by atoms with Crippen LogP contribution in [0.5, 0.6) is 0 Å². The molecule has 0 unspecified atom stereocenters. The summed E-state index contributed by atoms with van der Waals surface area (Å²) in [7, 11) is 3.96. The number of hydrogen-bond donors (Lipinski definition) is 1. The first-order chi connectivity index (χ1) is 9.54. The molecule has 104 valence electrons. The number of nitrogen functional groups attached to an aromatic ring is 1. The predicted octanol–water partition coefficient (Wildman–Crippen LogP) is 1.95. The van der Waals surface area contributed by atoms with Gasteiger partial charge in [-0.25, -0.2) is 4.98 Å². The van der Waals surface area contributed by atoms with E-state index in [0.29, 0.717) is 23.8 Å². The summed E-state index contributed by atoms with van der Waals surface area (Å²) >= 11 is 1.47. The molecular weight excluding hydrogens is 272 g/mol. The van der Waals surface area contributed by atoms with E-state index in [-0.39, 0.29) is 5.91 Å². The third-order valence-electron chi connectivity index (χ3n) is 3.39. The molecule has 0 radical (unpaired) electrons. The Kier molecular flexibility index (Phi) is 3.10. The molecule has 0 spiro atoms. The number of carbonyl (C=O) groups is 1. The fourth-order valence-electron chi connectivity index (χ4n) is 2.29. The zero-order valence-electron chi connectivity index (χ0n) is 11.5. The maximum atomic E-state index is 12.4. The number of hydrogen-bond acceptors (Lipinski definition) is 5. The molecule has 5 nitrogen and oxygen atoms in total. The summed E-state index contributed by atoms with van der Waals surface area (Å²) in [4.78, 5) is 21.6. The Hall–Kier alpha value is -2.08. The summed E-state index contributed by atoms with van der Waals surface area (Å²) in [6.07, 6.45) is 0. The highest BCUT2D eigenvalue weighted by molar-refractivity contribution is 7.15. The lowest BCUT2D eigenvalue weighted by atomic mass is 10.2. The molecule has 1 aliphatic rings. The van der Waals surface area contributed by atoms with Crippen molar-refractivity contribution in [1.29, 1.82) is 0 Å². The van der Waals surface area contributed by atoms with Gasteiger partial charge in [0.05, 0.1) is 23.7 Å². The summed E-state index contributed by atoms with van der Waals surface area (Å²) in [5, 5.41) is 0.581. The van der Waals surface area contributed by atoms with Crippen LogP contribution in [0.25, 0.3) is 0 Å². The van der Waals surface area contributed by atoms with Crippen molar-refractivity contribution in [2.24, 2.45) is 0 Å². The first-order valence-electron chi connectivity index (χ1n) is 6.35. The van der Waals surface area contributed by atoms with Crippen LogP contribution >= 0.6 is 11.3 Å². The molecule has 3 rings (SSSR count). The van der Waals surface area contributed by atoms with Crippen molar-refractivity contribution in [2.45, 2.75) is 13.1 Å². The van der Waals surface area contributed by atoms with E-state index in [2.05, 4.69) is 4.98 Å². The molecule has 1 aliphatic heterocycles. The van der Waals surface area contributed by atoms with Gasteiger partial charge in [-0.3, -0.25) is 4.79 Å². The Balaban J connectivity index is 1.75. The fourth-order valence-corrected chi connectivity index (χ4v) is 3.15. The van der Waals surface area contributed by atoms with Gasteiger partial charge >= 0.3 is 0 Å². The minimum absolute atomic E-state index is 0.0408. The number of anilines is 2. The van der Waals surface area contributed by atoms with Crippen molar-refractivity contribution in [3.63, 3.8) is 0 Å². The summed E-state index contributed by atoms with van der Waals surface area (Å²) in [6.45, 7) is 1.16. The molecule has 2 heterocycles. The lowest BCUT2D eigenvalue weighted by Crippen LogP contribution is -2.25. The first-order valence-corrected chi connectivity index (χ1v) is 7.17. The summed E-state index contributed by atoms with van der Waals surface area (Å²) < 4.78 is 0. The molecule has 2 aromatic rings. The molecule has 0 saturated carbocycles. The van der Waals surface area contributed by atoms with Gasteiger partial charge in [-0.2, -0.15) is 0 Å². The minimum Gasteiger partial charge on any atom is -0.378 e. The van der Waals surface area contributed by atoms with Crippen LogP contribution in [0.4, 0.5) is 10.8 Å². The van der Waals surface area contributed by atoms with E-state index in [1.54, 1.807) is 4.90 Å². The van der Waals surface area contributed by atoms with Gasteiger partial charge in [-0.05, 0) is 24.3 Å². The highest BCUT2D eigenvalue weighted by Gasteiger charge is 2.27. The van der Waals surface area contributed by atoms with Crippen LogP contribution in [0.15, 0.2) is 24.3 Å². The van der Waals surface area contributed by atoms with Crippen molar-refractivity contribution in [3.05, 3.63) is 40.4 Å². The van der Waals surface area contributed by atoms with Crippen LogP contribution in [0.2, 0.25) is 0 Å². The molecule has 0 bridgehead atoms. The Morgan fingerprint density at radius 2 is 2.00 bits per heavy atom. The number of rotatable bonds is 2. The third-order valence-corrected chi connectivity index (χ3v) is 4.30. The predicted molar refractivity (Wildman–Crippen MR) is 80.9 cm³/mol. The second-order valence-electron chi connectivity index (χ2n) is 5.02. The number of benzene rings is 1. The molecule has 1 amide bonds. The smallest absolute Gasteiger partial charge is 0.254 e.